The maximum Gasteiger partial charge on any atom is 0.139 e. The van der Waals surface area contributed by atoms with Crippen molar-refractivity contribution in [2.45, 2.75) is 52.4 Å². The Bertz CT molecular complexity index is 856. The Labute approximate surface area is 144 Å². The van der Waals surface area contributed by atoms with Gasteiger partial charge in [0.2, 0.25) is 0 Å². The summed E-state index contributed by atoms with van der Waals surface area (Å²) in [5, 5.41) is 1.30. The molecule has 1 aliphatic carbocycles. The molecule has 0 aliphatic heterocycles. The number of unbranched alkanes of at least 4 members (excludes halogenated alkanes) is 1. The molecule has 0 fully saturated rings. The number of fused-ring (bicyclic) bond motifs is 5. The van der Waals surface area contributed by atoms with Gasteiger partial charge in [0.25, 0.3) is 0 Å². The van der Waals surface area contributed by atoms with Crippen LogP contribution in [0.25, 0.3) is 22.3 Å². The maximum absolute atomic E-state index is 6.27. The molecule has 1 heteroatoms. The highest BCUT2D eigenvalue weighted by atomic mass is 16.3. The van der Waals surface area contributed by atoms with Gasteiger partial charge in [0.1, 0.15) is 11.3 Å². The molecule has 1 unspecified atom stereocenters. The zero-order valence-electron chi connectivity index (χ0n) is 14.8. The highest BCUT2D eigenvalue weighted by molar-refractivity contribution is 5.92. The Morgan fingerprint density at radius 1 is 1.08 bits per heavy atom. The molecule has 2 aromatic carbocycles. The summed E-state index contributed by atoms with van der Waals surface area (Å²) in [6.07, 6.45) is 7.42. The highest BCUT2D eigenvalue weighted by Crippen LogP contribution is 2.42. The normalized spacial score (nSPS) is 13.9. The average Bonchev–Trinajstić information content (AvgIpc) is 3.14. The largest absolute Gasteiger partial charge is 0.456 e. The molecular formula is C23H26O. The van der Waals surface area contributed by atoms with Crippen LogP contribution in [0, 0.1) is 5.92 Å². The summed E-state index contributed by atoms with van der Waals surface area (Å²) in [5.74, 6) is 1.89. The van der Waals surface area contributed by atoms with Gasteiger partial charge in [-0.05, 0) is 29.5 Å². The van der Waals surface area contributed by atoms with Crippen LogP contribution in [0.1, 0.15) is 56.2 Å². The van der Waals surface area contributed by atoms with Gasteiger partial charge in [0.05, 0.1) is 0 Å². The minimum Gasteiger partial charge on any atom is -0.456 e. The summed E-state index contributed by atoms with van der Waals surface area (Å²) in [6.45, 7) is 4.60. The van der Waals surface area contributed by atoms with E-state index in [1.807, 2.05) is 0 Å². The fourth-order valence-corrected chi connectivity index (χ4v) is 4.08. The second-order valence-corrected chi connectivity index (χ2v) is 7.19. The summed E-state index contributed by atoms with van der Waals surface area (Å²) < 4.78 is 6.27. The quantitative estimate of drug-likeness (QED) is 0.382. The van der Waals surface area contributed by atoms with Crippen molar-refractivity contribution in [2.75, 3.05) is 0 Å². The molecule has 3 aromatic rings. The number of furan rings is 1. The Morgan fingerprint density at radius 2 is 1.96 bits per heavy atom. The van der Waals surface area contributed by atoms with Crippen molar-refractivity contribution in [3.8, 4) is 11.3 Å². The first-order valence-electron chi connectivity index (χ1n) is 9.42. The summed E-state index contributed by atoms with van der Waals surface area (Å²) in [5.41, 5.74) is 6.53. The topological polar surface area (TPSA) is 13.1 Å². The third-order valence-corrected chi connectivity index (χ3v) is 5.55. The predicted octanol–water partition coefficient (Wildman–Crippen LogP) is 6.76. The second kappa shape index (κ2) is 6.47. The van der Waals surface area contributed by atoms with Crippen molar-refractivity contribution in [3.05, 3.63) is 59.2 Å². The van der Waals surface area contributed by atoms with E-state index in [2.05, 4.69) is 56.3 Å². The van der Waals surface area contributed by atoms with Crippen molar-refractivity contribution in [3.63, 3.8) is 0 Å². The van der Waals surface area contributed by atoms with Crippen molar-refractivity contribution >= 4 is 11.0 Å². The lowest BCUT2D eigenvalue weighted by Crippen LogP contribution is -2.03. The molecule has 124 valence electrons. The van der Waals surface area contributed by atoms with Crippen LogP contribution < -0.4 is 0 Å². The zero-order chi connectivity index (χ0) is 16.5. The van der Waals surface area contributed by atoms with Gasteiger partial charge < -0.3 is 4.42 Å². The van der Waals surface area contributed by atoms with Crippen LogP contribution in [0.3, 0.4) is 0 Å². The summed E-state index contributed by atoms with van der Waals surface area (Å²) >= 11 is 0. The molecular weight excluding hydrogens is 292 g/mol. The smallest absolute Gasteiger partial charge is 0.139 e. The van der Waals surface area contributed by atoms with E-state index in [0.717, 1.165) is 23.7 Å². The van der Waals surface area contributed by atoms with Gasteiger partial charge in [0.15, 0.2) is 0 Å². The minimum absolute atomic E-state index is 0.796. The van der Waals surface area contributed by atoms with Gasteiger partial charge in [-0.25, -0.2) is 0 Å². The summed E-state index contributed by atoms with van der Waals surface area (Å²) in [4.78, 5) is 0. The van der Waals surface area contributed by atoms with Gasteiger partial charge in [0, 0.05) is 22.9 Å². The highest BCUT2D eigenvalue weighted by Gasteiger charge is 2.24. The van der Waals surface area contributed by atoms with E-state index in [-0.39, 0.29) is 0 Å². The molecule has 0 radical (unpaired) electrons. The number of rotatable bonds is 6. The third kappa shape index (κ3) is 2.66. The SMILES string of the molecule is CCCCC(CC)Cc1ccc2c3c(oc2c1)-c1ccccc1C3. The van der Waals surface area contributed by atoms with E-state index < -0.39 is 0 Å². The minimum atomic E-state index is 0.796. The van der Waals surface area contributed by atoms with E-state index in [0.29, 0.717) is 0 Å². The molecule has 0 saturated carbocycles. The van der Waals surface area contributed by atoms with Crippen LogP contribution in [0.15, 0.2) is 46.9 Å². The average molecular weight is 318 g/mol. The van der Waals surface area contributed by atoms with Crippen LogP contribution in [0.2, 0.25) is 0 Å². The molecule has 0 saturated heterocycles. The standard InChI is InChI=1S/C23H26O/c1-3-5-8-16(4-2)13-17-11-12-20-21-15-18-9-6-7-10-19(18)23(21)24-22(20)14-17/h6-7,9-12,14,16H,3-5,8,13,15H2,1-2H3. The number of benzene rings is 2. The van der Waals surface area contributed by atoms with Crippen molar-refractivity contribution in [2.24, 2.45) is 5.92 Å². The van der Waals surface area contributed by atoms with Crippen molar-refractivity contribution in [1.29, 1.82) is 0 Å². The molecule has 1 nitrogen and oxygen atoms in total. The van der Waals surface area contributed by atoms with Crippen LogP contribution in [0.4, 0.5) is 0 Å². The molecule has 4 rings (SSSR count). The lowest BCUT2D eigenvalue weighted by atomic mass is 9.91. The Kier molecular flexibility index (Phi) is 4.18. The van der Waals surface area contributed by atoms with Crippen LogP contribution in [0.5, 0.6) is 0 Å². The summed E-state index contributed by atoms with van der Waals surface area (Å²) in [6, 6.07) is 15.5. The van der Waals surface area contributed by atoms with Gasteiger partial charge >= 0.3 is 0 Å². The van der Waals surface area contributed by atoms with Gasteiger partial charge in [-0.15, -0.1) is 0 Å². The summed E-state index contributed by atoms with van der Waals surface area (Å²) in [7, 11) is 0. The van der Waals surface area contributed by atoms with Gasteiger partial charge in [-0.3, -0.25) is 0 Å². The Hall–Kier alpha value is -2.02. The van der Waals surface area contributed by atoms with E-state index in [9.17, 15) is 0 Å². The monoisotopic (exact) mass is 318 g/mol. The molecule has 0 spiro atoms. The lowest BCUT2D eigenvalue weighted by molar-refractivity contribution is 0.449. The molecule has 1 atom stereocenters. The number of hydrogen-bond acceptors (Lipinski definition) is 1. The van der Waals surface area contributed by atoms with Gasteiger partial charge in [-0.2, -0.15) is 0 Å². The first-order valence-corrected chi connectivity index (χ1v) is 9.42. The van der Waals surface area contributed by atoms with Crippen LogP contribution in [-0.4, -0.2) is 0 Å². The molecule has 1 aromatic heterocycles. The Balaban J connectivity index is 1.64. The fourth-order valence-electron chi connectivity index (χ4n) is 4.08. The Morgan fingerprint density at radius 3 is 2.79 bits per heavy atom. The van der Waals surface area contributed by atoms with E-state index in [4.69, 9.17) is 4.42 Å². The van der Waals surface area contributed by atoms with Crippen molar-refractivity contribution < 1.29 is 4.42 Å². The lowest BCUT2D eigenvalue weighted by Gasteiger charge is -2.14. The fraction of sp³-hybridized carbons (Fsp3) is 0.391. The van der Waals surface area contributed by atoms with Gasteiger partial charge in [-0.1, -0.05) is 75.9 Å². The zero-order valence-corrected chi connectivity index (χ0v) is 14.8. The third-order valence-electron chi connectivity index (χ3n) is 5.55. The van der Waals surface area contributed by atoms with E-state index in [1.54, 1.807) is 0 Å². The first-order chi connectivity index (χ1) is 11.8. The molecule has 1 heterocycles. The van der Waals surface area contributed by atoms with Crippen LogP contribution >= 0.6 is 0 Å². The number of hydrogen-bond donors (Lipinski definition) is 0. The van der Waals surface area contributed by atoms with E-state index >= 15 is 0 Å². The van der Waals surface area contributed by atoms with E-state index in [1.165, 1.54) is 59.7 Å². The molecule has 0 amide bonds. The second-order valence-electron chi connectivity index (χ2n) is 7.19. The predicted molar refractivity (Wildman–Crippen MR) is 101 cm³/mol. The first kappa shape index (κ1) is 15.5. The molecule has 0 bridgehead atoms. The van der Waals surface area contributed by atoms with Crippen LogP contribution in [-0.2, 0) is 12.8 Å². The molecule has 0 N–H and O–H groups in total. The maximum atomic E-state index is 6.27. The van der Waals surface area contributed by atoms with Crippen molar-refractivity contribution in [1.82, 2.24) is 0 Å². The molecule has 24 heavy (non-hydrogen) atoms. The molecule has 1 aliphatic rings.